The fraction of sp³-hybridized carbons (Fsp3) is 0.556. The topological polar surface area (TPSA) is 58.6 Å². The quantitative estimate of drug-likeness (QED) is 0.820. The van der Waals surface area contributed by atoms with Gasteiger partial charge in [0.15, 0.2) is 0 Å². The van der Waals surface area contributed by atoms with E-state index in [2.05, 4.69) is 5.32 Å². The number of carbonyl (C=O) groups is 2. The molecule has 0 spiro atoms. The molecule has 1 N–H and O–H groups in total. The zero-order chi connectivity index (χ0) is 17.4. The number of nitrogens with zero attached hydrogens (tertiary/aromatic N) is 1. The largest absolute Gasteiger partial charge is 0.375 e. The average molecular weight is 353 g/mol. The number of hydrogen-bond donors (Lipinski definition) is 1. The van der Waals surface area contributed by atoms with Crippen LogP contribution in [0.3, 0.4) is 0 Å². The highest BCUT2D eigenvalue weighted by Gasteiger charge is 2.23. The molecule has 1 fully saturated rings. The standard InChI is InChI=1S/C18H25ClN2O3/c1-24-13-18(23)21-10-4-5-14(12-21)8-9-17(22)20-11-15-6-2-3-7-16(15)19/h2-3,6-7,14H,4-5,8-13H2,1H3,(H,20,22). The summed E-state index contributed by atoms with van der Waals surface area (Å²) in [5.41, 5.74) is 0.918. The normalized spacial score (nSPS) is 17.6. The summed E-state index contributed by atoms with van der Waals surface area (Å²) in [6.45, 7) is 2.09. The minimum absolute atomic E-state index is 0.0234. The molecule has 5 nitrogen and oxygen atoms in total. The van der Waals surface area contributed by atoms with E-state index in [4.69, 9.17) is 16.3 Å². The number of halogens is 1. The Balaban J connectivity index is 1.71. The number of carbonyl (C=O) groups excluding carboxylic acids is 2. The lowest BCUT2D eigenvalue weighted by molar-refractivity contribution is -0.137. The van der Waals surface area contributed by atoms with Gasteiger partial charge in [-0.1, -0.05) is 29.8 Å². The summed E-state index contributed by atoms with van der Waals surface area (Å²) in [7, 11) is 1.53. The Morgan fingerprint density at radius 2 is 2.17 bits per heavy atom. The number of hydrogen-bond acceptors (Lipinski definition) is 3. The second kappa shape index (κ2) is 9.64. The molecule has 1 atom stereocenters. The van der Waals surface area contributed by atoms with Crippen molar-refractivity contribution >= 4 is 23.4 Å². The predicted molar refractivity (Wildman–Crippen MR) is 93.7 cm³/mol. The van der Waals surface area contributed by atoms with Crippen molar-refractivity contribution in [2.75, 3.05) is 26.8 Å². The Kier molecular flexibility index (Phi) is 7.53. The molecule has 0 aliphatic carbocycles. The number of piperidine rings is 1. The first kappa shape index (κ1) is 18.7. The molecular formula is C18H25ClN2O3. The van der Waals surface area contributed by atoms with Gasteiger partial charge in [-0.05, 0) is 36.8 Å². The lowest BCUT2D eigenvalue weighted by atomic mass is 9.93. The monoisotopic (exact) mass is 352 g/mol. The highest BCUT2D eigenvalue weighted by atomic mass is 35.5. The van der Waals surface area contributed by atoms with Crippen LogP contribution in [0.15, 0.2) is 24.3 Å². The van der Waals surface area contributed by atoms with Gasteiger partial charge >= 0.3 is 0 Å². The SMILES string of the molecule is COCC(=O)N1CCCC(CCC(=O)NCc2ccccc2Cl)C1. The van der Waals surface area contributed by atoms with Crippen molar-refractivity contribution in [3.8, 4) is 0 Å². The summed E-state index contributed by atoms with van der Waals surface area (Å²) in [4.78, 5) is 25.8. The molecule has 6 heteroatoms. The molecule has 1 heterocycles. The highest BCUT2D eigenvalue weighted by molar-refractivity contribution is 6.31. The zero-order valence-electron chi connectivity index (χ0n) is 14.1. The van der Waals surface area contributed by atoms with Gasteiger partial charge in [-0.25, -0.2) is 0 Å². The van der Waals surface area contributed by atoms with Crippen molar-refractivity contribution in [2.24, 2.45) is 5.92 Å². The van der Waals surface area contributed by atoms with E-state index in [0.29, 0.717) is 23.9 Å². The minimum atomic E-state index is 0.0234. The highest BCUT2D eigenvalue weighted by Crippen LogP contribution is 2.21. The molecule has 0 radical (unpaired) electrons. The maximum Gasteiger partial charge on any atom is 0.248 e. The van der Waals surface area contributed by atoms with Gasteiger partial charge in [-0.15, -0.1) is 0 Å². The van der Waals surface area contributed by atoms with Crippen molar-refractivity contribution in [1.82, 2.24) is 10.2 Å². The lowest BCUT2D eigenvalue weighted by Crippen LogP contribution is -2.41. The Morgan fingerprint density at radius 3 is 2.92 bits per heavy atom. The van der Waals surface area contributed by atoms with Gasteiger partial charge in [0.25, 0.3) is 0 Å². The van der Waals surface area contributed by atoms with Crippen LogP contribution in [0.4, 0.5) is 0 Å². The lowest BCUT2D eigenvalue weighted by Gasteiger charge is -2.32. The molecule has 1 aliphatic heterocycles. The molecule has 1 aromatic carbocycles. The van der Waals surface area contributed by atoms with Crippen LogP contribution in [0.1, 0.15) is 31.2 Å². The van der Waals surface area contributed by atoms with Crippen LogP contribution in [0.2, 0.25) is 5.02 Å². The number of ether oxygens (including phenoxy) is 1. The van der Waals surface area contributed by atoms with E-state index < -0.39 is 0 Å². The molecule has 0 saturated carbocycles. The summed E-state index contributed by atoms with van der Waals surface area (Å²) in [5.74, 6) is 0.436. The first-order valence-corrected chi connectivity index (χ1v) is 8.74. The van der Waals surface area contributed by atoms with E-state index in [9.17, 15) is 9.59 Å². The number of methoxy groups -OCH3 is 1. The summed E-state index contributed by atoms with van der Waals surface area (Å²) < 4.78 is 4.91. The molecule has 132 valence electrons. The predicted octanol–water partition coefficient (Wildman–Crippen LogP) is 2.62. The van der Waals surface area contributed by atoms with Crippen molar-refractivity contribution in [3.63, 3.8) is 0 Å². The van der Waals surface area contributed by atoms with Gasteiger partial charge < -0.3 is 15.0 Å². The number of amides is 2. The fourth-order valence-electron chi connectivity index (χ4n) is 3.00. The molecule has 1 aromatic rings. The first-order valence-electron chi connectivity index (χ1n) is 8.37. The molecule has 1 saturated heterocycles. The molecule has 0 bridgehead atoms. The summed E-state index contributed by atoms with van der Waals surface area (Å²) in [6, 6.07) is 7.49. The van der Waals surface area contributed by atoms with Crippen molar-refractivity contribution in [2.45, 2.75) is 32.2 Å². The van der Waals surface area contributed by atoms with E-state index in [0.717, 1.165) is 37.9 Å². The molecule has 1 unspecified atom stereocenters. The minimum Gasteiger partial charge on any atom is -0.375 e. The van der Waals surface area contributed by atoms with E-state index >= 15 is 0 Å². The zero-order valence-corrected chi connectivity index (χ0v) is 14.8. The number of benzene rings is 1. The van der Waals surface area contributed by atoms with Crippen LogP contribution in [0, 0.1) is 5.92 Å². The second-order valence-electron chi connectivity index (χ2n) is 6.19. The second-order valence-corrected chi connectivity index (χ2v) is 6.60. The van der Waals surface area contributed by atoms with E-state index in [-0.39, 0.29) is 18.4 Å². The Hall–Kier alpha value is -1.59. The number of rotatable bonds is 7. The molecule has 2 amide bonds. The fourth-order valence-corrected chi connectivity index (χ4v) is 3.20. The maximum atomic E-state index is 12.0. The number of likely N-dealkylation sites (tertiary alicyclic amines) is 1. The summed E-state index contributed by atoms with van der Waals surface area (Å²) >= 11 is 6.08. The van der Waals surface area contributed by atoms with E-state index in [1.807, 2.05) is 29.2 Å². The summed E-state index contributed by atoms with van der Waals surface area (Å²) in [5, 5.41) is 3.57. The van der Waals surface area contributed by atoms with Crippen molar-refractivity contribution < 1.29 is 14.3 Å². The Bertz CT molecular complexity index is 565. The third-order valence-corrected chi connectivity index (χ3v) is 4.72. The van der Waals surface area contributed by atoms with Crippen LogP contribution in [0.5, 0.6) is 0 Å². The van der Waals surface area contributed by atoms with Gasteiger partial charge in [0.2, 0.25) is 11.8 Å². The van der Waals surface area contributed by atoms with Crippen LogP contribution < -0.4 is 5.32 Å². The van der Waals surface area contributed by atoms with E-state index in [1.54, 1.807) is 0 Å². The average Bonchev–Trinajstić information content (AvgIpc) is 2.60. The van der Waals surface area contributed by atoms with Crippen LogP contribution in [-0.2, 0) is 20.9 Å². The Morgan fingerprint density at radius 1 is 1.38 bits per heavy atom. The third-order valence-electron chi connectivity index (χ3n) is 4.35. The van der Waals surface area contributed by atoms with Gasteiger partial charge in [0, 0.05) is 38.2 Å². The van der Waals surface area contributed by atoms with Crippen LogP contribution in [-0.4, -0.2) is 43.5 Å². The van der Waals surface area contributed by atoms with Crippen LogP contribution in [0.25, 0.3) is 0 Å². The van der Waals surface area contributed by atoms with Gasteiger partial charge in [-0.3, -0.25) is 9.59 Å². The first-order chi connectivity index (χ1) is 11.6. The third kappa shape index (κ3) is 5.80. The van der Waals surface area contributed by atoms with Crippen molar-refractivity contribution in [3.05, 3.63) is 34.9 Å². The smallest absolute Gasteiger partial charge is 0.248 e. The maximum absolute atomic E-state index is 12.0. The number of nitrogens with one attached hydrogen (secondary N) is 1. The molecule has 1 aliphatic rings. The van der Waals surface area contributed by atoms with Gasteiger partial charge in [0.05, 0.1) is 0 Å². The van der Waals surface area contributed by atoms with E-state index in [1.165, 1.54) is 7.11 Å². The van der Waals surface area contributed by atoms with Gasteiger partial charge in [-0.2, -0.15) is 0 Å². The molecule has 0 aromatic heterocycles. The van der Waals surface area contributed by atoms with Gasteiger partial charge in [0.1, 0.15) is 6.61 Å². The Labute approximate surface area is 148 Å². The van der Waals surface area contributed by atoms with Crippen molar-refractivity contribution in [1.29, 1.82) is 0 Å². The summed E-state index contributed by atoms with van der Waals surface area (Å²) in [6.07, 6.45) is 3.32. The van der Waals surface area contributed by atoms with Crippen LogP contribution >= 0.6 is 11.6 Å². The molecule has 24 heavy (non-hydrogen) atoms. The molecular weight excluding hydrogens is 328 g/mol. The molecule has 2 rings (SSSR count).